The van der Waals surface area contributed by atoms with E-state index in [9.17, 15) is 10.1 Å². The first kappa shape index (κ1) is 15.3. The Labute approximate surface area is 138 Å². The molecule has 0 unspecified atom stereocenters. The van der Waals surface area contributed by atoms with Crippen LogP contribution in [0.4, 0.5) is 5.69 Å². The molecule has 0 radical (unpaired) electrons. The number of nitrogens with one attached hydrogen (secondary N) is 1. The van der Waals surface area contributed by atoms with E-state index in [0.717, 1.165) is 5.56 Å². The van der Waals surface area contributed by atoms with E-state index in [1.54, 1.807) is 43.5 Å². The molecule has 118 valence electrons. The van der Waals surface area contributed by atoms with Gasteiger partial charge < -0.3 is 15.8 Å². The van der Waals surface area contributed by atoms with Crippen molar-refractivity contribution in [2.75, 3.05) is 12.4 Å². The van der Waals surface area contributed by atoms with E-state index in [2.05, 4.69) is 10.3 Å². The van der Waals surface area contributed by atoms with Crippen LogP contribution >= 0.6 is 0 Å². The minimum atomic E-state index is -0.536. The topological polar surface area (TPSA) is 100 Å². The predicted molar refractivity (Wildman–Crippen MR) is 91.3 cm³/mol. The molecule has 0 fully saturated rings. The summed E-state index contributed by atoms with van der Waals surface area (Å²) in [5, 5.41) is 12.1. The molecule has 0 aromatic heterocycles. The van der Waals surface area contributed by atoms with Crippen molar-refractivity contribution in [1.29, 1.82) is 5.26 Å². The van der Waals surface area contributed by atoms with Crippen molar-refractivity contribution in [3.05, 3.63) is 65.2 Å². The number of amides is 1. The lowest BCUT2D eigenvalue weighted by molar-refractivity contribution is -0.112. The van der Waals surface area contributed by atoms with Crippen LogP contribution in [0.15, 0.2) is 59.1 Å². The van der Waals surface area contributed by atoms with Crippen LogP contribution < -0.4 is 15.8 Å². The number of amidine groups is 1. The maximum Gasteiger partial charge on any atom is 0.268 e. The van der Waals surface area contributed by atoms with Crippen LogP contribution in [0.2, 0.25) is 0 Å². The van der Waals surface area contributed by atoms with E-state index in [1.807, 2.05) is 18.2 Å². The van der Waals surface area contributed by atoms with Gasteiger partial charge in [-0.2, -0.15) is 5.26 Å². The van der Waals surface area contributed by atoms with Gasteiger partial charge in [0.15, 0.2) is 0 Å². The highest BCUT2D eigenvalue weighted by atomic mass is 16.5. The number of rotatable bonds is 3. The van der Waals surface area contributed by atoms with Gasteiger partial charge in [0.25, 0.3) is 5.91 Å². The zero-order valence-electron chi connectivity index (χ0n) is 12.9. The summed E-state index contributed by atoms with van der Waals surface area (Å²) in [4.78, 5) is 16.7. The van der Waals surface area contributed by atoms with Crippen LogP contribution in [-0.2, 0) is 4.79 Å². The fraction of sp³-hybridized carbons (Fsp3) is 0.0556. The second-order valence-electron chi connectivity index (χ2n) is 5.06. The number of nitrogens with two attached hydrogens (primary N) is 1. The average molecular weight is 318 g/mol. The molecule has 2 aromatic rings. The molecule has 0 spiro atoms. The number of ether oxygens (including phenoxy) is 1. The van der Waals surface area contributed by atoms with Gasteiger partial charge in [-0.25, -0.2) is 4.99 Å². The molecule has 6 heteroatoms. The Balaban J connectivity index is 1.94. The molecule has 1 amide bonds. The van der Waals surface area contributed by atoms with Crippen molar-refractivity contribution in [3.63, 3.8) is 0 Å². The summed E-state index contributed by atoms with van der Waals surface area (Å²) in [6.45, 7) is 0. The lowest BCUT2D eigenvalue weighted by Gasteiger charge is -2.07. The Morgan fingerprint density at radius 3 is 2.46 bits per heavy atom. The molecule has 3 rings (SSSR count). The van der Waals surface area contributed by atoms with E-state index in [0.29, 0.717) is 22.8 Å². The lowest BCUT2D eigenvalue weighted by Crippen LogP contribution is -2.14. The highest BCUT2D eigenvalue weighted by Crippen LogP contribution is 2.30. The Bertz CT molecular complexity index is 905. The number of aliphatic imine (C=N–C) groups is 1. The Morgan fingerprint density at radius 1 is 1.17 bits per heavy atom. The summed E-state index contributed by atoms with van der Waals surface area (Å²) in [5.74, 6) is 0.436. The second-order valence-corrected chi connectivity index (χ2v) is 5.06. The fourth-order valence-electron chi connectivity index (χ4n) is 2.42. The molecule has 1 heterocycles. The number of nitrogens with zero attached hydrogens (tertiary/aromatic N) is 2. The first-order valence-corrected chi connectivity index (χ1v) is 7.17. The number of nitriles is 1. The third-order valence-electron chi connectivity index (χ3n) is 3.61. The zero-order chi connectivity index (χ0) is 17.1. The number of methoxy groups -OCH3 is 1. The molecule has 0 aliphatic carbocycles. The molecule has 24 heavy (non-hydrogen) atoms. The summed E-state index contributed by atoms with van der Waals surface area (Å²) in [6.07, 6.45) is 0. The van der Waals surface area contributed by atoms with Gasteiger partial charge in [0.05, 0.1) is 12.8 Å². The smallest absolute Gasteiger partial charge is 0.268 e. The van der Waals surface area contributed by atoms with Crippen molar-refractivity contribution < 1.29 is 9.53 Å². The molecule has 6 nitrogen and oxygen atoms in total. The molecule has 1 aliphatic heterocycles. The van der Waals surface area contributed by atoms with Gasteiger partial charge in [0, 0.05) is 16.8 Å². The number of hydrogen-bond acceptors (Lipinski definition) is 5. The summed E-state index contributed by atoms with van der Waals surface area (Å²) in [5.41, 5.74) is 8.03. The molecule has 2 aromatic carbocycles. The Kier molecular flexibility index (Phi) is 4.00. The van der Waals surface area contributed by atoms with Crippen molar-refractivity contribution in [3.8, 4) is 11.8 Å². The standard InChI is InChI=1S/C18H14N4O2/c1-24-12-8-6-11(7-9-12)21-18(23)15(10-19)16-13-4-2-3-5-14(13)17(20)22-16/h2-9H,1H3,(H2,20,22)(H,21,23)/b16-15-. The Morgan fingerprint density at radius 2 is 1.83 bits per heavy atom. The van der Waals surface area contributed by atoms with Gasteiger partial charge in [0.1, 0.15) is 23.2 Å². The van der Waals surface area contributed by atoms with E-state index >= 15 is 0 Å². The van der Waals surface area contributed by atoms with Crippen LogP contribution in [0, 0.1) is 11.3 Å². The van der Waals surface area contributed by atoms with Gasteiger partial charge in [-0.05, 0) is 24.3 Å². The van der Waals surface area contributed by atoms with E-state index in [4.69, 9.17) is 10.5 Å². The normalized spacial score (nSPS) is 14.2. The van der Waals surface area contributed by atoms with Crippen molar-refractivity contribution in [1.82, 2.24) is 0 Å². The van der Waals surface area contributed by atoms with Crippen molar-refractivity contribution in [2.24, 2.45) is 10.7 Å². The number of hydrogen-bond donors (Lipinski definition) is 2. The second kappa shape index (κ2) is 6.26. The maximum atomic E-state index is 12.5. The van der Waals surface area contributed by atoms with Crippen LogP contribution in [-0.4, -0.2) is 18.9 Å². The van der Waals surface area contributed by atoms with Gasteiger partial charge in [-0.3, -0.25) is 4.79 Å². The molecule has 0 atom stereocenters. The van der Waals surface area contributed by atoms with Gasteiger partial charge in [0.2, 0.25) is 0 Å². The highest BCUT2D eigenvalue weighted by Gasteiger charge is 2.24. The molecule has 0 saturated heterocycles. The molecular formula is C18H14N4O2. The van der Waals surface area contributed by atoms with Crippen molar-refractivity contribution in [2.45, 2.75) is 0 Å². The Hall–Kier alpha value is -3.59. The number of carbonyl (C=O) groups is 1. The summed E-state index contributed by atoms with van der Waals surface area (Å²) >= 11 is 0. The van der Waals surface area contributed by atoms with E-state index in [1.165, 1.54) is 0 Å². The van der Waals surface area contributed by atoms with Crippen LogP contribution in [0.25, 0.3) is 5.70 Å². The summed E-state index contributed by atoms with van der Waals surface area (Å²) in [6, 6.07) is 16.0. The average Bonchev–Trinajstić information content (AvgIpc) is 2.93. The number of benzene rings is 2. The third-order valence-corrected chi connectivity index (χ3v) is 3.61. The van der Waals surface area contributed by atoms with Gasteiger partial charge in [-0.1, -0.05) is 24.3 Å². The molecular weight excluding hydrogens is 304 g/mol. The third kappa shape index (κ3) is 2.71. The van der Waals surface area contributed by atoms with E-state index in [-0.39, 0.29) is 11.3 Å². The largest absolute Gasteiger partial charge is 0.497 e. The van der Waals surface area contributed by atoms with Gasteiger partial charge in [-0.15, -0.1) is 0 Å². The zero-order valence-corrected chi connectivity index (χ0v) is 12.9. The minimum Gasteiger partial charge on any atom is -0.497 e. The SMILES string of the molecule is COc1ccc(NC(=O)/C(C#N)=C2\N=C(N)c3ccccc32)cc1. The highest BCUT2D eigenvalue weighted by molar-refractivity contribution is 6.17. The summed E-state index contributed by atoms with van der Waals surface area (Å²) in [7, 11) is 1.56. The first-order valence-electron chi connectivity index (χ1n) is 7.17. The maximum absolute atomic E-state index is 12.5. The number of anilines is 1. The molecule has 1 aliphatic rings. The predicted octanol–water partition coefficient (Wildman–Crippen LogP) is 2.29. The lowest BCUT2D eigenvalue weighted by atomic mass is 10.0. The fourth-order valence-corrected chi connectivity index (χ4v) is 2.42. The van der Waals surface area contributed by atoms with E-state index < -0.39 is 5.91 Å². The number of carbonyl (C=O) groups excluding carboxylic acids is 1. The molecule has 0 saturated carbocycles. The summed E-state index contributed by atoms with van der Waals surface area (Å²) < 4.78 is 5.07. The van der Waals surface area contributed by atoms with Crippen LogP contribution in [0.1, 0.15) is 11.1 Å². The minimum absolute atomic E-state index is 0.0845. The van der Waals surface area contributed by atoms with Gasteiger partial charge >= 0.3 is 0 Å². The monoisotopic (exact) mass is 318 g/mol. The quantitative estimate of drug-likeness (QED) is 0.669. The molecule has 3 N–H and O–H groups in total. The number of fused-ring (bicyclic) bond motifs is 1. The van der Waals surface area contributed by atoms with Crippen LogP contribution in [0.3, 0.4) is 0 Å². The van der Waals surface area contributed by atoms with Crippen molar-refractivity contribution >= 4 is 23.1 Å². The van der Waals surface area contributed by atoms with Crippen LogP contribution in [0.5, 0.6) is 5.75 Å². The first-order chi connectivity index (χ1) is 11.6. The molecule has 0 bridgehead atoms.